The molecule has 1 aromatic heterocycles. The second kappa shape index (κ2) is 17.0. The minimum atomic E-state index is -5.92. The largest absolute Gasteiger partial charge is 0.496 e. The third kappa shape index (κ3) is 13.5. The molecule has 0 saturated carbocycles. The summed E-state index contributed by atoms with van der Waals surface area (Å²) in [5, 5.41) is 0.700. The topological polar surface area (TPSA) is 124 Å². The van der Waals surface area contributed by atoms with Crippen LogP contribution in [0.25, 0.3) is 20.5 Å². The van der Waals surface area contributed by atoms with E-state index >= 15 is 0 Å². The Morgan fingerprint density at radius 2 is 1.45 bits per heavy atom. The maximum absolute atomic E-state index is 14.3. The molecule has 0 radical (unpaired) electrons. The lowest BCUT2D eigenvalue weighted by molar-refractivity contribution is -0.574. The number of thiophene rings is 1. The number of unbranched alkanes of at least 4 members (excludes halogenated alkanes) is 2. The fourth-order valence-corrected chi connectivity index (χ4v) is 6.09. The number of aryl methyl sites for hydroxylation is 1. The lowest BCUT2D eigenvalue weighted by Gasteiger charge is -2.34. The van der Waals surface area contributed by atoms with Gasteiger partial charge < -0.3 is 25.7 Å². The molecule has 0 saturated heterocycles. The first-order valence-electron chi connectivity index (χ1n) is 16.4. The molecule has 1 heterocycles. The van der Waals surface area contributed by atoms with Crippen LogP contribution in [-0.2, 0) is 30.2 Å². The molecule has 1 atom stereocenters. The number of nitrogens with two attached hydrogens (primary N) is 2. The predicted molar refractivity (Wildman–Crippen MR) is 181 cm³/mol. The molecular formula is C35H44F8N2O7S. The van der Waals surface area contributed by atoms with Crippen LogP contribution in [0.4, 0.5) is 35.1 Å². The molecule has 0 aliphatic carbocycles. The Morgan fingerprint density at radius 3 is 2.04 bits per heavy atom. The summed E-state index contributed by atoms with van der Waals surface area (Å²) in [7, 11) is 1.54. The summed E-state index contributed by atoms with van der Waals surface area (Å²) in [5.41, 5.74) is 11.1. The van der Waals surface area contributed by atoms with Gasteiger partial charge in [-0.25, -0.2) is 14.2 Å². The number of hydrogen-bond donors (Lipinski definition) is 2. The van der Waals surface area contributed by atoms with Crippen LogP contribution in [0.1, 0.15) is 65.9 Å². The maximum atomic E-state index is 14.3. The van der Waals surface area contributed by atoms with Gasteiger partial charge in [-0.2, -0.15) is 17.6 Å². The predicted octanol–water partition coefficient (Wildman–Crippen LogP) is 9.05. The zero-order valence-corrected chi connectivity index (χ0v) is 30.8. The normalized spacial score (nSPS) is 14.0. The van der Waals surface area contributed by atoms with Gasteiger partial charge in [0.05, 0.1) is 12.5 Å². The fourth-order valence-electron chi connectivity index (χ4n) is 4.97. The molecule has 1 unspecified atom stereocenters. The van der Waals surface area contributed by atoms with E-state index < -0.39 is 61.0 Å². The lowest BCUT2D eigenvalue weighted by atomic mass is 9.79. The second-order valence-corrected chi connectivity index (χ2v) is 14.8. The van der Waals surface area contributed by atoms with Crippen LogP contribution in [0, 0.1) is 5.41 Å². The molecule has 53 heavy (non-hydrogen) atoms. The molecule has 3 aromatic rings. The van der Waals surface area contributed by atoms with Gasteiger partial charge in [0.25, 0.3) is 0 Å². The minimum absolute atomic E-state index is 0.0219. The van der Waals surface area contributed by atoms with Gasteiger partial charge in [-0.15, -0.1) is 28.9 Å². The summed E-state index contributed by atoms with van der Waals surface area (Å²) >= 11 is 1.27. The zero-order valence-electron chi connectivity index (χ0n) is 30.0. The van der Waals surface area contributed by atoms with Gasteiger partial charge in [0.15, 0.2) is 13.2 Å². The summed E-state index contributed by atoms with van der Waals surface area (Å²) < 4.78 is 137. The Balaban J connectivity index is 1.59. The van der Waals surface area contributed by atoms with Crippen molar-refractivity contribution in [2.24, 2.45) is 16.9 Å². The van der Waals surface area contributed by atoms with E-state index in [1.807, 2.05) is 24.3 Å². The number of carbonyl (C=O) groups excluding carboxylic acids is 1. The van der Waals surface area contributed by atoms with E-state index in [2.05, 4.69) is 25.9 Å². The molecule has 0 amide bonds. The highest BCUT2D eigenvalue weighted by Gasteiger charge is 2.57. The van der Waals surface area contributed by atoms with E-state index in [-0.39, 0.29) is 12.2 Å². The fraction of sp³-hybridized carbons (Fsp3) is 0.571. The van der Waals surface area contributed by atoms with Crippen LogP contribution in [0.3, 0.4) is 0 Å². The average Bonchev–Trinajstić information content (AvgIpc) is 3.43. The number of benzene rings is 2. The first kappa shape index (κ1) is 44.1. The monoisotopic (exact) mass is 788 g/mol. The summed E-state index contributed by atoms with van der Waals surface area (Å²) in [6.45, 7) is 3.59. The number of alkyl halides is 8. The van der Waals surface area contributed by atoms with Crippen molar-refractivity contribution in [2.45, 2.75) is 103 Å². The van der Waals surface area contributed by atoms with Gasteiger partial charge in [0.1, 0.15) is 11.5 Å². The van der Waals surface area contributed by atoms with Crippen molar-refractivity contribution < 1.29 is 68.3 Å². The van der Waals surface area contributed by atoms with Gasteiger partial charge in [0, 0.05) is 26.7 Å². The molecule has 0 spiro atoms. The summed E-state index contributed by atoms with van der Waals surface area (Å²) in [6, 6.07) is 10.8. The highest BCUT2D eigenvalue weighted by molar-refractivity contribution is 7.22. The van der Waals surface area contributed by atoms with Gasteiger partial charge in [-0.1, -0.05) is 25.8 Å². The van der Waals surface area contributed by atoms with Gasteiger partial charge in [0.2, 0.25) is 0 Å². The summed E-state index contributed by atoms with van der Waals surface area (Å²) in [5.74, 6) is -0.954. The number of esters is 1. The molecule has 3 rings (SSSR count). The maximum Gasteiger partial charge on any atom is 0.496 e. The lowest BCUT2D eigenvalue weighted by Crippen LogP contribution is -2.51. The third-order valence-electron chi connectivity index (χ3n) is 7.84. The van der Waals surface area contributed by atoms with E-state index in [1.54, 1.807) is 21.0 Å². The number of methoxy groups -OCH3 is 1. The quantitative estimate of drug-likeness (QED) is 0.0471. The first-order valence-corrected chi connectivity index (χ1v) is 17.3. The molecule has 0 aliphatic heterocycles. The number of rotatable bonds is 21. The molecule has 4 N–H and O–H groups in total. The summed E-state index contributed by atoms with van der Waals surface area (Å²) in [6.07, 6.45) is -17.8. The van der Waals surface area contributed by atoms with Crippen LogP contribution in [-0.4, -0.2) is 62.7 Å². The molecule has 0 aliphatic rings. The number of hydrogen-bond acceptors (Lipinski definition) is 10. The smallest absolute Gasteiger partial charge is 0.496 e. The Hall–Kier alpha value is -3.29. The van der Waals surface area contributed by atoms with E-state index in [0.29, 0.717) is 15.8 Å². The van der Waals surface area contributed by atoms with Gasteiger partial charge in [-0.3, -0.25) is 4.79 Å². The average molecular weight is 789 g/mol. The second-order valence-electron chi connectivity index (χ2n) is 13.7. The number of ether oxygens (including phenoxy) is 6. The molecule has 2 aromatic carbocycles. The molecule has 9 nitrogen and oxygen atoms in total. The van der Waals surface area contributed by atoms with Crippen LogP contribution >= 0.6 is 11.3 Å². The molecular weight excluding hydrogens is 744 g/mol. The van der Waals surface area contributed by atoms with Crippen LogP contribution in [0.15, 0.2) is 42.5 Å². The highest BCUT2D eigenvalue weighted by Crippen LogP contribution is 2.41. The van der Waals surface area contributed by atoms with E-state index in [4.69, 9.17) is 20.9 Å². The molecule has 18 heteroatoms. The van der Waals surface area contributed by atoms with Crippen LogP contribution in [0.5, 0.6) is 11.5 Å². The molecule has 298 valence electrons. The van der Waals surface area contributed by atoms with Crippen LogP contribution < -0.4 is 20.9 Å². The van der Waals surface area contributed by atoms with Gasteiger partial charge >= 0.3 is 30.8 Å². The zero-order chi connectivity index (χ0) is 40.0. The molecule has 0 bridgehead atoms. The van der Waals surface area contributed by atoms with Crippen molar-refractivity contribution in [3.8, 4) is 21.9 Å². The first-order chi connectivity index (χ1) is 24.3. The van der Waals surface area contributed by atoms with Crippen molar-refractivity contribution in [1.82, 2.24) is 0 Å². The van der Waals surface area contributed by atoms with E-state index in [0.717, 1.165) is 41.7 Å². The van der Waals surface area contributed by atoms with Crippen molar-refractivity contribution in [3.05, 3.63) is 48.0 Å². The van der Waals surface area contributed by atoms with Crippen molar-refractivity contribution >= 4 is 27.4 Å². The highest BCUT2D eigenvalue weighted by atomic mass is 32.1. The Morgan fingerprint density at radius 1 is 0.830 bits per heavy atom. The Bertz CT molecular complexity index is 1680. The standard InChI is InChI=1S/C35H44F8N2O7S/c1-7-8-9-10-21-11-14-24(25(15-21)47-6)27-16-22-12-13-23(17-26(22)53-27)48-19-32(36,37)50-34(40,41)52-35(42,43)51-33(38,39)20-49-29(46)31(4,5)28(44)18-30(2,3)45/h11-17,28H,7-10,18-20,44-45H2,1-6H3. The number of fused-ring (bicyclic) bond motifs is 1. The minimum Gasteiger partial charge on any atom is -0.496 e. The van der Waals surface area contributed by atoms with Crippen LogP contribution in [0.2, 0.25) is 0 Å². The number of carbonyl (C=O) groups is 1. The number of halogens is 8. The van der Waals surface area contributed by atoms with Crippen molar-refractivity contribution in [2.75, 3.05) is 20.3 Å². The van der Waals surface area contributed by atoms with Crippen molar-refractivity contribution in [3.63, 3.8) is 0 Å². The Kier molecular flexibility index (Phi) is 14.2. The van der Waals surface area contributed by atoms with E-state index in [1.165, 1.54) is 43.4 Å². The van der Waals surface area contributed by atoms with Gasteiger partial charge in [-0.05, 0) is 94.3 Å². The third-order valence-corrected chi connectivity index (χ3v) is 8.97. The Labute approximate surface area is 305 Å². The van der Waals surface area contributed by atoms with Crippen molar-refractivity contribution in [1.29, 1.82) is 0 Å². The summed E-state index contributed by atoms with van der Waals surface area (Å²) in [4.78, 5) is 13.1. The molecule has 0 fully saturated rings. The SMILES string of the molecule is CCCCCc1ccc(-c2cc3ccc(OCC(F)(F)OC(F)(F)OC(F)(F)OC(F)(F)COC(=O)C(C)(C)C(N)CC(C)(C)N)cc3s2)c(OC)c1. The van der Waals surface area contributed by atoms with E-state index in [9.17, 15) is 39.9 Å².